The van der Waals surface area contributed by atoms with Gasteiger partial charge in [0.1, 0.15) is 5.75 Å². The summed E-state index contributed by atoms with van der Waals surface area (Å²) in [5.41, 5.74) is 0.0503. The van der Waals surface area contributed by atoms with Crippen LogP contribution in [0, 0.1) is 0 Å². The van der Waals surface area contributed by atoms with Gasteiger partial charge in [-0.15, -0.1) is 0 Å². The number of nitrogens with one attached hydrogen (secondary N) is 2. The number of alkyl halides is 3. The number of benzene rings is 3. The second-order valence-corrected chi connectivity index (χ2v) is 8.23. The lowest BCUT2D eigenvalue weighted by Gasteiger charge is -2.13. The number of halogens is 4. The maximum absolute atomic E-state index is 12.9. The number of anilines is 2. The van der Waals surface area contributed by atoms with Crippen LogP contribution in [0.25, 0.3) is 0 Å². The Kier molecular flexibility index (Phi) is 7.43. The monoisotopic (exact) mass is 520 g/mol. The second-order valence-electron chi connectivity index (χ2n) is 7.38. The fourth-order valence-corrected chi connectivity index (χ4v) is 3.38. The van der Waals surface area contributed by atoms with Crippen molar-refractivity contribution >= 4 is 39.1 Å². The summed E-state index contributed by atoms with van der Waals surface area (Å²) < 4.78 is 44.9. The van der Waals surface area contributed by atoms with Crippen LogP contribution in [0.4, 0.5) is 24.5 Å². The van der Waals surface area contributed by atoms with Crippen LogP contribution in [-0.2, 0) is 6.18 Å². The summed E-state index contributed by atoms with van der Waals surface area (Å²) in [6.07, 6.45) is -4.54. The van der Waals surface area contributed by atoms with Gasteiger partial charge in [-0.05, 0) is 84.4 Å². The third-order valence-electron chi connectivity index (χ3n) is 4.39. The summed E-state index contributed by atoms with van der Waals surface area (Å²) in [5, 5.41) is 5.14. The minimum Gasteiger partial charge on any atom is -0.490 e. The summed E-state index contributed by atoms with van der Waals surface area (Å²) in [6.45, 7) is 3.78. The van der Waals surface area contributed by atoms with Gasteiger partial charge in [0.05, 0.1) is 16.1 Å². The van der Waals surface area contributed by atoms with Crippen LogP contribution in [0.15, 0.2) is 71.2 Å². The molecule has 0 aliphatic heterocycles. The molecule has 5 nitrogen and oxygen atoms in total. The molecule has 0 spiro atoms. The van der Waals surface area contributed by atoms with Crippen LogP contribution in [0.5, 0.6) is 5.75 Å². The zero-order valence-corrected chi connectivity index (χ0v) is 19.3. The third kappa shape index (κ3) is 6.58. The van der Waals surface area contributed by atoms with Crippen molar-refractivity contribution in [3.05, 3.63) is 87.9 Å². The average molecular weight is 521 g/mol. The van der Waals surface area contributed by atoms with Crippen molar-refractivity contribution in [1.29, 1.82) is 0 Å². The predicted molar refractivity (Wildman–Crippen MR) is 124 cm³/mol. The Morgan fingerprint density at radius 3 is 2.00 bits per heavy atom. The Hall–Kier alpha value is -3.33. The normalized spacial score (nSPS) is 11.2. The summed E-state index contributed by atoms with van der Waals surface area (Å²) >= 11 is 3.38. The second kappa shape index (κ2) is 10.1. The van der Waals surface area contributed by atoms with Crippen molar-refractivity contribution < 1.29 is 27.5 Å². The minimum absolute atomic E-state index is 0.0119. The van der Waals surface area contributed by atoms with Crippen molar-refractivity contribution in [2.45, 2.75) is 26.1 Å². The fourth-order valence-electron chi connectivity index (χ4n) is 2.91. The van der Waals surface area contributed by atoms with E-state index in [4.69, 9.17) is 4.74 Å². The first-order valence-corrected chi connectivity index (χ1v) is 10.7. The molecule has 0 saturated heterocycles. The first-order chi connectivity index (χ1) is 15.5. The van der Waals surface area contributed by atoms with E-state index in [1.165, 1.54) is 24.3 Å². The molecule has 0 aliphatic carbocycles. The quantitative estimate of drug-likeness (QED) is 0.377. The number of hydrogen-bond donors (Lipinski definition) is 2. The van der Waals surface area contributed by atoms with Crippen LogP contribution < -0.4 is 15.4 Å². The van der Waals surface area contributed by atoms with Gasteiger partial charge < -0.3 is 15.4 Å². The Bertz CT molecular complexity index is 1180. The zero-order chi connectivity index (χ0) is 24.2. The van der Waals surface area contributed by atoms with Gasteiger partial charge >= 0.3 is 6.18 Å². The highest BCUT2D eigenvalue weighted by molar-refractivity contribution is 9.10. The molecule has 0 atom stereocenters. The molecule has 0 radical (unpaired) electrons. The predicted octanol–water partition coefficient (Wildman–Crippen LogP) is 6.76. The van der Waals surface area contributed by atoms with Crippen LogP contribution in [0.3, 0.4) is 0 Å². The lowest BCUT2D eigenvalue weighted by Crippen LogP contribution is -2.15. The van der Waals surface area contributed by atoms with Gasteiger partial charge in [-0.25, -0.2) is 0 Å². The van der Waals surface area contributed by atoms with E-state index >= 15 is 0 Å². The minimum atomic E-state index is -4.51. The van der Waals surface area contributed by atoms with Gasteiger partial charge in [-0.2, -0.15) is 13.2 Å². The van der Waals surface area contributed by atoms with Gasteiger partial charge in [0.15, 0.2) is 0 Å². The van der Waals surface area contributed by atoms with Crippen LogP contribution in [0.2, 0.25) is 0 Å². The Labute approximate surface area is 197 Å². The Morgan fingerprint density at radius 1 is 0.848 bits per heavy atom. The van der Waals surface area contributed by atoms with Crippen LogP contribution >= 0.6 is 15.9 Å². The molecule has 0 bridgehead atoms. The molecule has 0 heterocycles. The van der Waals surface area contributed by atoms with Crippen LogP contribution in [0.1, 0.15) is 40.1 Å². The number of amides is 2. The molecule has 0 saturated carbocycles. The first-order valence-electron chi connectivity index (χ1n) is 9.89. The highest BCUT2D eigenvalue weighted by atomic mass is 79.9. The maximum atomic E-state index is 12.9. The molecular formula is C24H20BrF3N2O3. The average Bonchev–Trinajstić information content (AvgIpc) is 2.74. The van der Waals surface area contributed by atoms with Gasteiger partial charge in [-0.3, -0.25) is 9.59 Å². The van der Waals surface area contributed by atoms with Crippen molar-refractivity contribution in [1.82, 2.24) is 0 Å². The van der Waals surface area contributed by atoms with Gasteiger partial charge in [0, 0.05) is 22.5 Å². The third-order valence-corrected chi connectivity index (χ3v) is 5.01. The molecule has 3 aromatic carbocycles. The number of rotatable bonds is 6. The lowest BCUT2D eigenvalue weighted by molar-refractivity contribution is -0.137. The van der Waals surface area contributed by atoms with E-state index in [9.17, 15) is 22.8 Å². The summed E-state index contributed by atoms with van der Waals surface area (Å²) in [7, 11) is 0. The molecule has 0 aromatic heterocycles. The van der Waals surface area contributed by atoms with E-state index in [1.807, 2.05) is 13.8 Å². The van der Waals surface area contributed by atoms with Crippen molar-refractivity contribution in [2.24, 2.45) is 0 Å². The largest absolute Gasteiger partial charge is 0.490 e. The van der Waals surface area contributed by atoms with Crippen molar-refractivity contribution in [2.75, 3.05) is 10.6 Å². The maximum Gasteiger partial charge on any atom is 0.416 e. The SMILES string of the molecule is CC(C)Oc1ccc(C(=O)Nc2cccc(C(=O)Nc3cccc(C(F)(F)F)c3)c2)cc1Br. The Balaban J connectivity index is 1.71. The zero-order valence-electron chi connectivity index (χ0n) is 17.7. The molecule has 9 heteroatoms. The highest BCUT2D eigenvalue weighted by Gasteiger charge is 2.30. The lowest BCUT2D eigenvalue weighted by atomic mass is 10.1. The van der Waals surface area contributed by atoms with Crippen molar-refractivity contribution in [3.63, 3.8) is 0 Å². The molecular weight excluding hydrogens is 501 g/mol. The number of ether oxygens (including phenoxy) is 1. The van der Waals surface area contributed by atoms with E-state index in [1.54, 1.807) is 30.3 Å². The summed E-state index contributed by atoms with van der Waals surface area (Å²) in [5.74, 6) is -0.402. The van der Waals surface area contributed by atoms with E-state index < -0.39 is 23.6 Å². The molecule has 0 aliphatic rings. The molecule has 3 aromatic rings. The fraction of sp³-hybridized carbons (Fsp3) is 0.167. The molecule has 33 heavy (non-hydrogen) atoms. The van der Waals surface area contributed by atoms with Crippen LogP contribution in [-0.4, -0.2) is 17.9 Å². The molecule has 2 amide bonds. The highest BCUT2D eigenvalue weighted by Crippen LogP contribution is 2.31. The Morgan fingerprint density at radius 2 is 1.42 bits per heavy atom. The van der Waals surface area contributed by atoms with Gasteiger partial charge in [-0.1, -0.05) is 12.1 Å². The smallest absolute Gasteiger partial charge is 0.416 e. The number of carbonyl (C=O) groups is 2. The van der Waals surface area contributed by atoms with E-state index in [-0.39, 0.29) is 17.4 Å². The van der Waals surface area contributed by atoms with E-state index in [2.05, 4.69) is 26.6 Å². The molecule has 172 valence electrons. The summed E-state index contributed by atoms with van der Waals surface area (Å²) in [4.78, 5) is 25.2. The number of carbonyl (C=O) groups excluding carboxylic acids is 2. The topological polar surface area (TPSA) is 67.4 Å². The standard InChI is InChI=1S/C24H20BrF3N2O3/c1-14(2)33-21-10-9-16(12-20(21)25)23(32)29-18-7-3-5-15(11-18)22(31)30-19-8-4-6-17(13-19)24(26,27)28/h3-14H,1-2H3,(H,29,32)(H,30,31). The number of hydrogen-bond acceptors (Lipinski definition) is 3. The van der Waals surface area contributed by atoms with E-state index in [0.717, 1.165) is 12.1 Å². The summed E-state index contributed by atoms with van der Waals surface area (Å²) in [6, 6.07) is 15.4. The molecule has 3 rings (SSSR count). The van der Waals surface area contributed by atoms with E-state index in [0.29, 0.717) is 21.5 Å². The van der Waals surface area contributed by atoms with Gasteiger partial charge in [0.25, 0.3) is 11.8 Å². The molecule has 0 unspecified atom stereocenters. The first kappa shape index (κ1) is 24.3. The molecule has 0 fully saturated rings. The van der Waals surface area contributed by atoms with Crippen molar-refractivity contribution in [3.8, 4) is 5.75 Å². The molecule has 2 N–H and O–H groups in total. The van der Waals surface area contributed by atoms with Gasteiger partial charge in [0.2, 0.25) is 0 Å².